The Labute approximate surface area is 129 Å². The molecule has 0 unspecified atom stereocenters. The molecule has 0 spiro atoms. The number of carbonyl (C=O) groups is 1. The summed E-state index contributed by atoms with van der Waals surface area (Å²) in [4.78, 5) is 11.8. The first kappa shape index (κ1) is 16.5. The van der Waals surface area contributed by atoms with Gasteiger partial charge in [-0.25, -0.2) is 9.31 Å². The van der Waals surface area contributed by atoms with Gasteiger partial charge in [-0.1, -0.05) is 6.07 Å². The normalized spacial score (nSPS) is 11.8. The van der Waals surface area contributed by atoms with Gasteiger partial charge in [0, 0.05) is 12.8 Å². The van der Waals surface area contributed by atoms with Crippen LogP contribution in [0.1, 0.15) is 43.1 Å². The number of aromatic nitrogens is 2. The van der Waals surface area contributed by atoms with E-state index in [4.69, 9.17) is 9.47 Å². The summed E-state index contributed by atoms with van der Waals surface area (Å²) in [5.41, 5.74) is 1.39. The molecule has 0 saturated heterocycles. The fourth-order valence-corrected chi connectivity index (χ4v) is 1.99. The molecule has 6 nitrogen and oxygen atoms in total. The molecule has 22 heavy (non-hydrogen) atoms. The number of aliphatic hydroxyl groups is 1. The molecule has 0 fully saturated rings. The van der Waals surface area contributed by atoms with E-state index >= 15 is 0 Å². The number of pyridine rings is 1. The Balaban J connectivity index is 2.01. The first-order valence-corrected chi connectivity index (χ1v) is 7.34. The number of rotatable bonds is 7. The summed E-state index contributed by atoms with van der Waals surface area (Å²) < 4.78 is 12.2. The molecule has 0 saturated carbocycles. The molecule has 0 bridgehead atoms. The lowest BCUT2D eigenvalue weighted by Gasteiger charge is -2.16. The minimum absolute atomic E-state index is 0.337. The second-order valence-electron chi connectivity index (χ2n) is 5.76. The first-order chi connectivity index (χ1) is 10.4. The standard InChI is InChI=1S/C16H22N2O4/c1-4-22-15(19)13-9-17-18-10-12(5-6-14(13)18)11-21-8-7-16(2,3)20/h5-6,9-10,20H,4,7-8,11H2,1-3H3. The fraction of sp³-hybridized carbons (Fsp3) is 0.500. The fourth-order valence-electron chi connectivity index (χ4n) is 1.99. The number of fused-ring (bicyclic) bond motifs is 1. The van der Waals surface area contributed by atoms with Gasteiger partial charge in [0.1, 0.15) is 5.56 Å². The quantitative estimate of drug-likeness (QED) is 0.627. The third-order valence-electron chi connectivity index (χ3n) is 3.20. The van der Waals surface area contributed by atoms with Crippen LogP contribution in [0.15, 0.2) is 24.5 Å². The molecule has 120 valence electrons. The van der Waals surface area contributed by atoms with Gasteiger partial charge in [0.2, 0.25) is 0 Å². The van der Waals surface area contributed by atoms with E-state index in [1.807, 2.05) is 18.3 Å². The molecule has 0 aromatic carbocycles. The topological polar surface area (TPSA) is 73.1 Å². The van der Waals surface area contributed by atoms with E-state index in [2.05, 4.69) is 5.10 Å². The largest absolute Gasteiger partial charge is 0.462 e. The molecule has 2 heterocycles. The van der Waals surface area contributed by atoms with Gasteiger partial charge in [-0.15, -0.1) is 0 Å². The van der Waals surface area contributed by atoms with E-state index in [0.717, 1.165) is 5.56 Å². The summed E-state index contributed by atoms with van der Waals surface area (Å²) in [7, 11) is 0. The zero-order chi connectivity index (χ0) is 16.2. The number of nitrogens with zero attached hydrogens (tertiary/aromatic N) is 2. The van der Waals surface area contributed by atoms with Gasteiger partial charge in [-0.3, -0.25) is 0 Å². The maximum atomic E-state index is 11.8. The molecule has 2 rings (SSSR count). The molecule has 2 aromatic heterocycles. The Morgan fingerprint density at radius 2 is 2.18 bits per heavy atom. The summed E-state index contributed by atoms with van der Waals surface area (Å²) in [6, 6.07) is 3.72. The van der Waals surface area contributed by atoms with Crippen LogP contribution in [0.3, 0.4) is 0 Å². The average molecular weight is 306 g/mol. The Morgan fingerprint density at radius 3 is 2.86 bits per heavy atom. The van der Waals surface area contributed by atoms with Crippen LogP contribution in [0.2, 0.25) is 0 Å². The Bertz CT molecular complexity index is 643. The second kappa shape index (κ2) is 6.89. The van der Waals surface area contributed by atoms with Gasteiger partial charge in [-0.05, 0) is 38.8 Å². The SMILES string of the molecule is CCOC(=O)c1cnn2cc(COCCC(C)(C)O)ccc12. The lowest BCUT2D eigenvalue weighted by molar-refractivity contribution is 0.0237. The molecule has 0 aliphatic carbocycles. The van der Waals surface area contributed by atoms with Gasteiger partial charge in [-0.2, -0.15) is 5.10 Å². The summed E-state index contributed by atoms with van der Waals surface area (Å²) >= 11 is 0. The van der Waals surface area contributed by atoms with Crippen molar-refractivity contribution in [3.05, 3.63) is 35.7 Å². The van der Waals surface area contributed by atoms with Crippen molar-refractivity contribution in [3.63, 3.8) is 0 Å². The van der Waals surface area contributed by atoms with Crippen molar-refractivity contribution in [2.24, 2.45) is 0 Å². The third-order valence-corrected chi connectivity index (χ3v) is 3.20. The van der Waals surface area contributed by atoms with Crippen molar-refractivity contribution in [2.45, 2.75) is 39.4 Å². The molecule has 0 aliphatic heterocycles. The number of hydrogen-bond acceptors (Lipinski definition) is 5. The third kappa shape index (κ3) is 4.29. The summed E-state index contributed by atoms with van der Waals surface area (Å²) in [5, 5.41) is 13.8. The highest BCUT2D eigenvalue weighted by Crippen LogP contribution is 2.14. The van der Waals surface area contributed by atoms with Crippen LogP contribution in [0.25, 0.3) is 5.52 Å². The van der Waals surface area contributed by atoms with Crippen molar-refractivity contribution in [3.8, 4) is 0 Å². The van der Waals surface area contributed by atoms with E-state index in [1.165, 1.54) is 6.20 Å². The van der Waals surface area contributed by atoms with Crippen molar-refractivity contribution >= 4 is 11.5 Å². The predicted octanol–water partition coefficient (Wildman–Crippen LogP) is 2.19. The molecule has 6 heteroatoms. The smallest absolute Gasteiger partial charge is 0.341 e. The monoisotopic (exact) mass is 306 g/mol. The molecular formula is C16H22N2O4. The van der Waals surface area contributed by atoms with E-state index in [9.17, 15) is 9.90 Å². The number of carbonyl (C=O) groups excluding carboxylic acids is 1. The van der Waals surface area contributed by atoms with Crippen LogP contribution in [0.4, 0.5) is 0 Å². The lowest BCUT2D eigenvalue weighted by Crippen LogP contribution is -2.20. The zero-order valence-electron chi connectivity index (χ0n) is 13.2. The minimum Gasteiger partial charge on any atom is -0.462 e. The highest BCUT2D eigenvalue weighted by atomic mass is 16.5. The van der Waals surface area contributed by atoms with Gasteiger partial charge in [0.05, 0.1) is 30.5 Å². The second-order valence-corrected chi connectivity index (χ2v) is 5.76. The summed E-state index contributed by atoms with van der Waals surface area (Å²) in [6.45, 7) is 6.53. The molecule has 1 N–H and O–H groups in total. The van der Waals surface area contributed by atoms with Gasteiger partial charge >= 0.3 is 5.97 Å². The average Bonchev–Trinajstić information content (AvgIpc) is 2.86. The minimum atomic E-state index is -0.722. The number of esters is 1. The molecule has 0 atom stereocenters. The molecule has 2 aromatic rings. The Kier molecular flexibility index (Phi) is 5.15. The van der Waals surface area contributed by atoms with Gasteiger partial charge in [0.15, 0.2) is 0 Å². The van der Waals surface area contributed by atoms with Crippen LogP contribution in [0, 0.1) is 0 Å². The summed E-state index contributed by atoms with van der Waals surface area (Å²) in [5.74, 6) is -0.369. The maximum Gasteiger partial charge on any atom is 0.341 e. The molecule has 0 radical (unpaired) electrons. The van der Waals surface area contributed by atoms with Crippen LogP contribution in [-0.4, -0.2) is 39.5 Å². The van der Waals surface area contributed by atoms with Crippen LogP contribution < -0.4 is 0 Å². The van der Waals surface area contributed by atoms with Crippen LogP contribution >= 0.6 is 0 Å². The van der Waals surface area contributed by atoms with Crippen molar-refractivity contribution in [2.75, 3.05) is 13.2 Å². The molecule has 0 amide bonds. The van der Waals surface area contributed by atoms with Crippen molar-refractivity contribution < 1.29 is 19.4 Å². The maximum absolute atomic E-state index is 11.8. The Morgan fingerprint density at radius 1 is 1.41 bits per heavy atom. The van der Waals surface area contributed by atoms with Crippen molar-refractivity contribution in [1.29, 1.82) is 0 Å². The lowest BCUT2D eigenvalue weighted by atomic mass is 10.1. The first-order valence-electron chi connectivity index (χ1n) is 7.34. The van der Waals surface area contributed by atoms with Gasteiger partial charge < -0.3 is 14.6 Å². The molecule has 0 aliphatic rings. The number of ether oxygens (including phenoxy) is 2. The summed E-state index contributed by atoms with van der Waals surface area (Å²) in [6.07, 6.45) is 3.90. The van der Waals surface area contributed by atoms with E-state index < -0.39 is 5.60 Å². The number of hydrogen-bond donors (Lipinski definition) is 1. The van der Waals surface area contributed by atoms with Crippen molar-refractivity contribution in [1.82, 2.24) is 9.61 Å². The van der Waals surface area contributed by atoms with Crippen LogP contribution in [0.5, 0.6) is 0 Å². The molecular weight excluding hydrogens is 284 g/mol. The van der Waals surface area contributed by atoms with Gasteiger partial charge in [0.25, 0.3) is 0 Å². The zero-order valence-corrected chi connectivity index (χ0v) is 13.2. The van der Waals surface area contributed by atoms with Crippen LogP contribution in [-0.2, 0) is 16.1 Å². The Hall–Kier alpha value is -1.92. The predicted molar refractivity (Wildman–Crippen MR) is 81.7 cm³/mol. The van der Waals surface area contributed by atoms with E-state index in [1.54, 1.807) is 25.3 Å². The highest BCUT2D eigenvalue weighted by molar-refractivity contribution is 5.96. The highest BCUT2D eigenvalue weighted by Gasteiger charge is 2.14. The van der Waals surface area contributed by atoms with E-state index in [-0.39, 0.29) is 5.97 Å². The van der Waals surface area contributed by atoms with E-state index in [0.29, 0.717) is 37.3 Å².